The fourth-order valence-electron chi connectivity index (χ4n) is 1.80. The van der Waals surface area contributed by atoms with E-state index in [4.69, 9.17) is 4.74 Å². The summed E-state index contributed by atoms with van der Waals surface area (Å²) in [5.74, 6) is 1.81. The van der Waals surface area contributed by atoms with Crippen LogP contribution in [0.2, 0.25) is 0 Å². The lowest BCUT2D eigenvalue weighted by atomic mass is 10.1. The van der Waals surface area contributed by atoms with Crippen LogP contribution in [0.15, 0.2) is 35.7 Å². The van der Waals surface area contributed by atoms with E-state index >= 15 is 0 Å². The number of hydrogen-bond donors (Lipinski definition) is 1. The van der Waals surface area contributed by atoms with Gasteiger partial charge in [0.15, 0.2) is 0 Å². The first-order chi connectivity index (χ1) is 8.36. The second kappa shape index (κ2) is 4.29. The summed E-state index contributed by atoms with van der Waals surface area (Å²) in [4.78, 5) is 0. The van der Waals surface area contributed by atoms with Gasteiger partial charge < -0.3 is 10.2 Å². The number of aromatic nitrogens is 3. The molecular weight excluding hydrogens is 236 g/mol. The zero-order valence-electron chi connectivity index (χ0n) is 9.33. The lowest BCUT2D eigenvalue weighted by Gasteiger charge is -2.25. The van der Waals surface area contributed by atoms with Crippen molar-refractivity contribution in [1.29, 1.82) is 0 Å². The van der Waals surface area contributed by atoms with Gasteiger partial charge in [0.25, 0.3) is 0 Å². The Morgan fingerprint density at radius 3 is 3.35 bits per heavy atom. The Labute approximate surface area is 103 Å². The number of nitrogens with one attached hydrogen (secondary N) is 1. The highest BCUT2D eigenvalue weighted by molar-refractivity contribution is 7.99. The summed E-state index contributed by atoms with van der Waals surface area (Å²) in [5.41, 5.74) is 4.56. The largest absolute Gasteiger partial charge is 0.497 e. The van der Waals surface area contributed by atoms with Crippen LogP contribution in [-0.2, 0) is 0 Å². The van der Waals surface area contributed by atoms with Gasteiger partial charge in [0.2, 0.25) is 5.16 Å². The first kappa shape index (κ1) is 10.5. The number of hydrogen-bond acceptors (Lipinski definition) is 5. The molecule has 1 aromatic heterocycles. The Morgan fingerprint density at radius 2 is 2.47 bits per heavy atom. The molecule has 0 bridgehead atoms. The Morgan fingerprint density at radius 1 is 1.53 bits per heavy atom. The highest BCUT2D eigenvalue weighted by Gasteiger charge is 2.20. The SMILES string of the molecule is COc1cccc(C2CSc3nncn3N2)c1. The summed E-state index contributed by atoms with van der Waals surface area (Å²) in [6.45, 7) is 0. The van der Waals surface area contributed by atoms with E-state index in [-0.39, 0.29) is 6.04 Å². The van der Waals surface area contributed by atoms with Crippen LogP contribution in [0.5, 0.6) is 5.75 Å². The Hall–Kier alpha value is -1.69. The van der Waals surface area contributed by atoms with Gasteiger partial charge in [0.1, 0.15) is 12.1 Å². The molecule has 6 heteroatoms. The molecule has 1 N–H and O–H groups in total. The first-order valence-corrected chi connectivity index (χ1v) is 6.28. The van der Waals surface area contributed by atoms with Gasteiger partial charge in [-0.2, -0.15) is 0 Å². The normalized spacial score (nSPS) is 18.3. The van der Waals surface area contributed by atoms with Crippen LogP contribution in [0.3, 0.4) is 0 Å². The van der Waals surface area contributed by atoms with Crippen molar-refractivity contribution in [1.82, 2.24) is 14.9 Å². The molecule has 0 aliphatic carbocycles. The number of ether oxygens (including phenoxy) is 1. The van der Waals surface area contributed by atoms with Crippen LogP contribution in [0.25, 0.3) is 0 Å². The highest BCUT2D eigenvalue weighted by Crippen LogP contribution is 2.29. The zero-order chi connectivity index (χ0) is 11.7. The predicted molar refractivity (Wildman–Crippen MR) is 65.8 cm³/mol. The second-order valence-corrected chi connectivity index (χ2v) is 4.74. The average molecular weight is 248 g/mol. The van der Waals surface area contributed by atoms with E-state index in [2.05, 4.69) is 21.7 Å². The minimum absolute atomic E-state index is 0.249. The van der Waals surface area contributed by atoms with Crippen LogP contribution in [0, 0.1) is 0 Å². The monoisotopic (exact) mass is 248 g/mol. The number of nitrogens with zero attached hydrogens (tertiary/aromatic N) is 3. The molecule has 1 unspecified atom stereocenters. The molecule has 5 nitrogen and oxygen atoms in total. The fourth-order valence-corrected chi connectivity index (χ4v) is 2.73. The second-order valence-electron chi connectivity index (χ2n) is 3.75. The van der Waals surface area contributed by atoms with Gasteiger partial charge in [-0.1, -0.05) is 23.9 Å². The van der Waals surface area contributed by atoms with Crippen molar-refractivity contribution in [3.63, 3.8) is 0 Å². The molecule has 0 amide bonds. The Bertz CT molecular complexity index is 528. The lowest BCUT2D eigenvalue weighted by molar-refractivity contribution is 0.414. The zero-order valence-corrected chi connectivity index (χ0v) is 10.1. The van der Waals surface area contributed by atoms with Crippen molar-refractivity contribution in [3.05, 3.63) is 36.2 Å². The van der Waals surface area contributed by atoms with Crippen molar-refractivity contribution in [2.75, 3.05) is 18.3 Å². The smallest absolute Gasteiger partial charge is 0.209 e. The average Bonchev–Trinajstić information content (AvgIpc) is 2.86. The van der Waals surface area contributed by atoms with E-state index in [1.54, 1.807) is 25.2 Å². The molecule has 0 spiro atoms. The molecule has 2 aromatic rings. The van der Waals surface area contributed by atoms with Crippen molar-refractivity contribution in [2.45, 2.75) is 11.2 Å². The molecule has 0 radical (unpaired) electrons. The summed E-state index contributed by atoms with van der Waals surface area (Å²) in [5, 5.41) is 8.78. The molecule has 1 atom stereocenters. The summed E-state index contributed by atoms with van der Waals surface area (Å²) in [7, 11) is 1.68. The molecular formula is C11H12N4OS. The molecule has 1 aliphatic rings. The van der Waals surface area contributed by atoms with Gasteiger partial charge in [-0.15, -0.1) is 10.2 Å². The van der Waals surface area contributed by atoms with Crippen LogP contribution in [0.1, 0.15) is 11.6 Å². The van der Waals surface area contributed by atoms with Gasteiger partial charge in [-0.05, 0) is 17.7 Å². The van der Waals surface area contributed by atoms with Gasteiger partial charge >= 0.3 is 0 Å². The highest BCUT2D eigenvalue weighted by atomic mass is 32.2. The van der Waals surface area contributed by atoms with E-state index < -0.39 is 0 Å². The molecule has 3 rings (SSSR count). The third kappa shape index (κ3) is 1.95. The molecule has 0 saturated carbocycles. The maximum Gasteiger partial charge on any atom is 0.209 e. The maximum atomic E-state index is 5.23. The minimum atomic E-state index is 0.249. The first-order valence-electron chi connectivity index (χ1n) is 5.30. The minimum Gasteiger partial charge on any atom is -0.497 e. The number of fused-ring (bicyclic) bond motifs is 1. The van der Waals surface area contributed by atoms with Gasteiger partial charge in [0, 0.05) is 5.75 Å². The van der Waals surface area contributed by atoms with Crippen LogP contribution in [0.4, 0.5) is 0 Å². The summed E-state index contributed by atoms with van der Waals surface area (Å²) < 4.78 is 7.09. The molecule has 0 saturated heterocycles. The Kier molecular flexibility index (Phi) is 2.64. The van der Waals surface area contributed by atoms with Gasteiger partial charge in [0.05, 0.1) is 13.2 Å². The molecule has 2 heterocycles. The van der Waals surface area contributed by atoms with Crippen molar-refractivity contribution >= 4 is 11.8 Å². The van der Waals surface area contributed by atoms with Crippen LogP contribution >= 0.6 is 11.8 Å². The summed E-state index contributed by atoms with van der Waals surface area (Å²) >= 11 is 1.70. The number of rotatable bonds is 2. The van der Waals surface area contributed by atoms with Crippen molar-refractivity contribution < 1.29 is 4.74 Å². The third-order valence-electron chi connectivity index (χ3n) is 2.69. The molecule has 17 heavy (non-hydrogen) atoms. The van der Waals surface area contributed by atoms with Gasteiger partial charge in [-0.3, -0.25) is 0 Å². The van der Waals surface area contributed by atoms with Crippen molar-refractivity contribution in [3.8, 4) is 5.75 Å². The van der Waals surface area contributed by atoms with Crippen molar-refractivity contribution in [2.24, 2.45) is 0 Å². The van der Waals surface area contributed by atoms with E-state index in [0.717, 1.165) is 16.7 Å². The van der Waals surface area contributed by atoms with E-state index in [0.29, 0.717) is 0 Å². The van der Waals surface area contributed by atoms with E-state index in [9.17, 15) is 0 Å². The van der Waals surface area contributed by atoms with Gasteiger partial charge in [-0.25, -0.2) is 4.68 Å². The number of thioether (sulfide) groups is 1. The summed E-state index contributed by atoms with van der Waals surface area (Å²) in [6.07, 6.45) is 1.69. The molecule has 1 aliphatic heterocycles. The molecule has 0 fully saturated rings. The quantitative estimate of drug-likeness (QED) is 0.876. The van der Waals surface area contributed by atoms with Crippen LogP contribution < -0.4 is 10.2 Å². The fraction of sp³-hybridized carbons (Fsp3) is 0.273. The maximum absolute atomic E-state index is 5.23. The van der Waals surface area contributed by atoms with E-state index in [1.165, 1.54) is 5.56 Å². The summed E-state index contributed by atoms with van der Waals surface area (Å²) in [6, 6.07) is 8.34. The van der Waals surface area contributed by atoms with E-state index in [1.807, 2.05) is 22.9 Å². The molecule has 88 valence electrons. The topological polar surface area (TPSA) is 52.0 Å². The third-order valence-corrected chi connectivity index (χ3v) is 3.72. The van der Waals surface area contributed by atoms with Crippen LogP contribution in [-0.4, -0.2) is 27.7 Å². The number of benzene rings is 1. The predicted octanol–water partition coefficient (Wildman–Crippen LogP) is 1.68. The number of methoxy groups -OCH3 is 1. The molecule has 1 aromatic carbocycles. The standard InChI is InChI=1S/C11H12N4OS/c1-16-9-4-2-3-8(5-9)10-6-17-11-13-12-7-15(11)14-10/h2-5,7,10,14H,6H2,1H3. The Balaban J connectivity index is 1.86. The lowest BCUT2D eigenvalue weighted by Crippen LogP contribution is -2.27.